The molecule has 2 aromatic rings. The van der Waals surface area contributed by atoms with Crippen molar-refractivity contribution in [1.82, 2.24) is 0 Å². The Morgan fingerprint density at radius 1 is 0.963 bits per heavy atom. The molecule has 1 fully saturated rings. The van der Waals surface area contributed by atoms with Crippen LogP contribution in [-0.4, -0.2) is 7.11 Å². The number of hydrogen-bond donors (Lipinski definition) is 0. The molecule has 0 saturated heterocycles. The number of allylic oxidation sites excluding steroid dienone is 2. The van der Waals surface area contributed by atoms with Gasteiger partial charge in [0.05, 0.1) is 7.11 Å². The van der Waals surface area contributed by atoms with Gasteiger partial charge in [-0.15, -0.1) is 0 Å². The third-order valence-corrected chi connectivity index (χ3v) is 6.12. The lowest BCUT2D eigenvalue weighted by molar-refractivity contribution is 0.414. The number of rotatable bonds is 9. The molecule has 1 aliphatic carbocycles. The van der Waals surface area contributed by atoms with Crippen LogP contribution in [0.25, 0.3) is 5.57 Å². The van der Waals surface area contributed by atoms with Gasteiger partial charge in [-0.25, -0.2) is 0 Å². The number of methoxy groups -OCH3 is 1. The number of hydrogen-bond acceptors (Lipinski definition) is 1. The topological polar surface area (TPSA) is 9.23 Å². The minimum atomic E-state index is 0.642. The molecule has 0 aliphatic heterocycles. The third kappa shape index (κ3) is 5.03. The van der Waals surface area contributed by atoms with Crippen molar-refractivity contribution in [3.63, 3.8) is 0 Å². The van der Waals surface area contributed by atoms with Gasteiger partial charge in [0.15, 0.2) is 0 Å². The fraction of sp³-hybridized carbons (Fsp3) is 0.462. The quantitative estimate of drug-likeness (QED) is 0.426. The van der Waals surface area contributed by atoms with Crippen LogP contribution in [0, 0.1) is 11.8 Å². The second-order valence-corrected chi connectivity index (χ2v) is 8.09. The Kier molecular flexibility index (Phi) is 6.77. The molecule has 2 aromatic carbocycles. The molecule has 0 bridgehead atoms. The zero-order chi connectivity index (χ0) is 19.2. The molecule has 0 radical (unpaired) electrons. The molecule has 144 valence electrons. The summed E-state index contributed by atoms with van der Waals surface area (Å²) >= 11 is 0. The molecule has 0 N–H and O–H groups in total. The third-order valence-electron chi connectivity index (χ3n) is 6.12. The van der Waals surface area contributed by atoms with Crippen LogP contribution in [0.4, 0.5) is 0 Å². The van der Waals surface area contributed by atoms with Crippen LogP contribution in [0.2, 0.25) is 0 Å². The fourth-order valence-corrected chi connectivity index (χ4v) is 4.18. The van der Waals surface area contributed by atoms with E-state index in [9.17, 15) is 0 Å². The number of unbranched alkanes of at least 4 members (excludes halogenated alkanes) is 3. The maximum Gasteiger partial charge on any atom is 0.118 e. The molecule has 3 atom stereocenters. The second kappa shape index (κ2) is 9.26. The van der Waals surface area contributed by atoms with Gasteiger partial charge in [0.1, 0.15) is 5.75 Å². The predicted octanol–water partition coefficient (Wildman–Crippen LogP) is 7.27. The van der Waals surface area contributed by atoms with Crippen molar-refractivity contribution in [3.05, 3.63) is 71.3 Å². The summed E-state index contributed by atoms with van der Waals surface area (Å²) in [6.45, 7) is 6.89. The monoisotopic (exact) mass is 362 g/mol. The molecule has 0 heterocycles. The zero-order valence-corrected chi connectivity index (χ0v) is 17.4. The van der Waals surface area contributed by atoms with E-state index in [0.717, 1.165) is 5.75 Å². The highest BCUT2D eigenvalue weighted by atomic mass is 16.5. The fourth-order valence-electron chi connectivity index (χ4n) is 4.18. The normalized spacial score (nSPS) is 21.9. The van der Waals surface area contributed by atoms with Gasteiger partial charge in [0, 0.05) is 0 Å². The minimum absolute atomic E-state index is 0.642. The summed E-state index contributed by atoms with van der Waals surface area (Å²) in [5.41, 5.74) is 5.67. The Morgan fingerprint density at radius 3 is 2.30 bits per heavy atom. The van der Waals surface area contributed by atoms with Gasteiger partial charge in [-0.2, -0.15) is 0 Å². The first-order valence-corrected chi connectivity index (χ1v) is 10.6. The van der Waals surface area contributed by atoms with Gasteiger partial charge >= 0.3 is 0 Å². The predicted molar refractivity (Wildman–Crippen MR) is 116 cm³/mol. The molecule has 0 aromatic heterocycles. The maximum atomic E-state index is 5.28. The van der Waals surface area contributed by atoms with E-state index in [1.54, 1.807) is 7.11 Å². The van der Waals surface area contributed by atoms with Gasteiger partial charge in [-0.3, -0.25) is 0 Å². The molecule has 1 saturated carbocycles. The summed E-state index contributed by atoms with van der Waals surface area (Å²) in [4.78, 5) is 0. The summed E-state index contributed by atoms with van der Waals surface area (Å²) in [5.74, 6) is 2.94. The van der Waals surface area contributed by atoms with Crippen molar-refractivity contribution >= 4 is 5.57 Å². The molecule has 3 rings (SSSR count). The standard InChI is InChI=1S/C26H34O/c1-5-6-7-8-9-21-10-12-22(13-11-21)19(2)18-25-20(3)26(25)23-14-16-24(27-4)17-15-23/h10-18,20,25-26H,5-9H2,1-4H3/b19-18+. The summed E-state index contributed by atoms with van der Waals surface area (Å²) in [5, 5.41) is 0. The van der Waals surface area contributed by atoms with Crippen LogP contribution < -0.4 is 4.74 Å². The molecule has 1 aliphatic rings. The number of benzene rings is 2. The SMILES string of the molecule is CCCCCCc1ccc(/C(C)=C/C2C(C)C2c2ccc(OC)cc2)cc1. The van der Waals surface area contributed by atoms with Gasteiger partial charge < -0.3 is 4.74 Å². The average molecular weight is 363 g/mol. The second-order valence-electron chi connectivity index (χ2n) is 8.09. The lowest BCUT2D eigenvalue weighted by Gasteiger charge is -2.06. The Balaban J connectivity index is 1.60. The molecule has 0 amide bonds. The van der Waals surface area contributed by atoms with Crippen molar-refractivity contribution in [2.75, 3.05) is 7.11 Å². The van der Waals surface area contributed by atoms with E-state index in [2.05, 4.69) is 75.4 Å². The first kappa shape index (κ1) is 19.7. The molecule has 0 spiro atoms. The van der Waals surface area contributed by atoms with Crippen molar-refractivity contribution in [2.45, 2.75) is 58.8 Å². The zero-order valence-electron chi connectivity index (χ0n) is 17.4. The van der Waals surface area contributed by atoms with Crippen LogP contribution in [0.5, 0.6) is 5.75 Å². The smallest absolute Gasteiger partial charge is 0.118 e. The van der Waals surface area contributed by atoms with Crippen molar-refractivity contribution in [3.8, 4) is 5.75 Å². The van der Waals surface area contributed by atoms with E-state index in [-0.39, 0.29) is 0 Å². The summed E-state index contributed by atoms with van der Waals surface area (Å²) in [6, 6.07) is 17.8. The molecule has 1 heteroatoms. The Labute approximate surface area is 165 Å². The minimum Gasteiger partial charge on any atom is -0.497 e. The van der Waals surface area contributed by atoms with Gasteiger partial charge in [-0.1, -0.05) is 75.6 Å². The van der Waals surface area contributed by atoms with Crippen LogP contribution in [0.15, 0.2) is 54.6 Å². The highest BCUT2D eigenvalue weighted by molar-refractivity contribution is 5.65. The van der Waals surface area contributed by atoms with Gasteiger partial charge in [-0.05, 0) is 71.9 Å². The van der Waals surface area contributed by atoms with E-state index in [1.165, 1.54) is 54.4 Å². The first-order valence-electron chi connectivity index (χ1n) is 10.6. The van der Waals surface area contributed by atoms with E-state index < -0.39 is 0 Å². The van der Waals surface area contributed by atoms with Crippen LogP contribution in [-0.2, 0) is 6.42 Å². The first-order chi connectivity index (χ1) is 13.1. The van der Waals surface area contributed by atoms with Crippen LogP contribution >= 0.6 is 0 Å². The molecular formula is C26H34O. The van der Waals surface area contributed by atoms with Crippen molar-refractivity contribution < 1.29 is 4.74 Å². The van der Waals surface area contributed by atoms with Crippen molar-refractivity contribution in [2.24, 2.45) is 11.8 Å². The van der Waals surface area contributed by atoms with Gasteiger partial charge in [0.2, 0.25) is 0 Å². The molecule has 3 unspecified atom stereocenters. The number of aryl methyl sites for hydroxylation is 1. The van der Waals surface area contributed by atoms with E-state index in [4.69, 9.17) is 4.74 Å². The highest BCUT2D eigenvalue weighted by Crippen LogP contribution is 2.55. The maximum absolute atomic E-state index is 5.28. The molecule has 1 nitrogen and oxygen atoms in total. The molecular weight excluding hydrogens is 328 g/mol. The van der Waals surface area contributed by atoms with Crippen LogP contribution in [0.1, 0.15) is 69.1 Å². The van der Waals surface area contributed by atoms with Crippen LogP contribution in [0.3, 0.4) is 0 Å². The van der Waals surface area contributed by atoms with E-state index in [1.807, 2.05) is 0 Å². The Hall–Kier alpha value is -2.02. The lowest BCUT2D eigenvalue weighted by Crippen LogP contribution is -1.88. The highest BCUT2D eigenvalue weighted by Gasteiger charge is 2.45. The lowest BCUT2D eigenvalue weighted by atomic mass is 10.0. The summed E-state index contributed by atoms with van der Waals surface area (Å²) in [6.07, 6.45) is 9.02. The van der Waals surface area contributed by atoms with E-state index in [0.29, 0.717) is 17.8 Å². The largest absolute Gasteiger partial charge is 0.497 e. The van der Waals surface area contributed by atoms with Crippen molar-refractivity contribution in [1.29, 1.82) is 0 Å². The number of ether oxygens (including phenoxy) is 1. The Morgan fingerprint density at radius 2 is 1.67 bits per heavy atom. The summed E-state index contributed by atoms with van der Waals surface area (Å²) < 4.78 is 5.28. The summed E-state index contributed by atoms with van der Waals surface area (Å²) in [7, 11) is 1.72. The Bertz CT molecular complexity index is 739. The molecule has 27 heavy (non-hydrogen) atoms. The van der Waals surface area contributed by atoms with Gasteiger partial charge in [0.25, 0.3) is 0 Å². The average Bonchev–Trinajstić information content (AvgIpc) is 3.34. The van der Waals surface area contributed by atoms with E-state index >= 15 is 0 Å².